The second-order valence-electron chi connectivity index (χ2n) is 0. The fraction of sp³-hybridized carbons (Fsp3) is 0. The monoisotopic (exact) mass is 81.0 g/mol. The molecule has 0 atom stereocenters. The van der Waals surface area contributed by atoms with Crippen molar-refractivity contribution in [2.75, 3.05) is 0 Å². The quantitative estimate of drug-likeness (QED) is 0.290. The van der Waals surface area contributed by atoms with Crippen molar-refractivity contribution >= 4 is 12.4 Å². The van der Waals surface area contributed by atoms with Crippen molar-refractivity contribution in [2.24, 2.45) is 0 Å². The van der Waals surface area contributed by atoms with Crippen LogP contribution in [-0.2, 0) is 12.4 Å². The van der Waals surface area contributed by atoms with Crippen molar-refractivity contribution in [3.05, 3.63) is 0 Å². The predicted octanol–water partition coefficient (Wildman–Crippen LogP) is 0.313. The Morgan fingerprint density at radius 2 is 1.25 bits per heavy atom. The Kier molecular flexibility index (Phi) is 6950. The summed E-state index contributed by atoms with van der Waals surface area (Å²) in [4.78, 5) is 0. The fourth-order valence-electron chi connectivity index (χ4n) is 0. The molecule has 0 saturated carbocycles. The Labute approximate surface area is 28.8 Å². The number of nitrogens with one attached hydrogen (secondary N) is 1. The lowest BCUT2D eigenvalue weighted by Crippen LogP contribution is -1.29. The molecule has 0 fully saturated rings. The highest BCUT2D eigenvalue weighted by Crippen LogP contribution is 0.749. The lowest BCUT2D eigenvalue weighted by Gasteiger charge is -1.25. The van der Waals surface area contributed by atoms with E-state index in [0.717, 1.165) is 0 Å². The van der Waals surface area contributed by atoms with Gasteiger partial charge in [0, 0.05) is 12.4 Å². The molecule has 0 amide bonds. The van der Waals surface area contributed by atoms with Crippen LogP contribution in [0.5, 0.6) is 0 Å². The molecule has 0 saturated heterocycles. The fourth-order valence-corrected chi connectivity index (χ4v) is 0. The summed E-state index contributed by atoms with van der Waals surface area (Å²) in [6.07, 6.45) is 0. The maximum Gasteiger partial charge on any atom is 0.0324 e. The highest BCUT2D eigenvalue weighted by atomic mass is 32.1. The second-order valence-corrected chi connectivity index (χ2v) is 0. The molecule has 26 valence electrons. The third kappa shape index (κ3) is 476. The summed E-state index contributed by atoms with van der Waals surface area (Å²) in [5, 5.41) is 12.0. The Hall–Kier alpha value is -0.0600. The summed E-state index contributed by atoms with van der Waals surface area (Å²) in [6.45, 7) is 0. The number of hydrogen-bond donors (Lipinski definition) is 3. The highest BCUT2D eigenvalue weighted by Gasteiger charge is 0.745. The van der Waals surface area contributed by atoms with Crippen LogP contribution in [0.1, 0.15) is 0 Å². The normalized spacial score (nSPS) is 2.50. The molecule has 0 rings (SSSR count). The van der Waals surface area contributed by atoms with Gasteiger partial charge in [-0.2, -0.15) is 0 Å². The van der Waals surface area contributed by atoms with Crippen LogP contribution in [0.25, 0.3) is 0 Å². The summed E-state index contributed by atoms with van der Waals surface area (Å²) in [5.74, 6) is 0. The highest BCUT2D eigenvalue weighted by molar-refractivity contribution is 7.45. The molecule has 3 nitrogen and oxygen atoms in total. The molecule has 0 unspecified atom stereocenters. The minimum Gasteiger partial charge on any atom is -0.255 e. The summed E-state index contributed by atoms with van der Waals surface area (Å²) < 4.78 is 5.33. The second kappa shape index (κ2) is 3070. The predicted molar refractivity (Wildman–Crippen MR) is 15.3 cm³/mol. The zero-order valence-corrected chi connectivity index (χ0v) is 2.62. The van der Waals surface area contributed by atoms with Gasteiger partial charge in [-0.25, -0.2) is 4.78 Å². The Morgan fingerprint density at radius 3 is 1.25 bits per heavy atom. The van der Waals surface area contributed by atoms with Crippen LogP contribution in [0.3, 0.4) is 0 Å². The van der Waals surface area contributed by atoms with Gasteiger partial charge in [0.2, 0.25) is 0 Å². The van der Waals surface area contributed by atoms with Gasteiger partial charge in [0.1, 0.15) is 0 Å². The molecule has 0 aromatic carbocycles. The minimum atomic E-state index is 3.33. The zero-order chi connectivity index (χ0) is 4.00. The molecule has 0 aliphatic heterocycles. The summed E-state index contributed by atoms with van der Waals surface area (Å²) in [5.41, 5.74) is 0. The van der Waals surface area contributed by atoms with Crippen LogP contribution in [0.2, 0.25) is 0 Å². The standard InChI is InChI=1S/HNS.H2O2/c2*1-2/h1H;1-2H. The summed E-state index contributed by atoms with van der Waals surface area (Å²) >= 11 is 3.33. The van der Waals surface area contributed by atoms with Gasteiger partial charge in [-0.15, -0.1) is 0 Å². The number of rotatable bonds is 0. The molecular weight excluding hydrogens is 78.1 g/mol. The molecule has 0 heterocycles. The van der Waals surface area contributed by atoms with E-state index in [-0.39, 0.29) is 0 Å². The van der Waals surface area contributed by atoms with E-state index >= 15 is 0 Å². The van der Waals surface area contributed by atoms with Gasteiger partial charge in [0.05, 0.1) is 0 Å². The van der Waals surface area contributed by atoms with Gasteiger partial charge < -0.3 is 0 Å². The van der Waals surface area contributed by atoms with E-state index in [4.69, 9.17) is 15.3 Å². The first kappa shape index (κ1) is 9.05. The third-order valence-electron chi connectivity index (χ3n) is 0. The van der Waals surface area contributed by atoms with Crippen molar-refractivity contribution in [1.29, 1.82) is 4.78 Å². The molecule has 3 N–H and O–H groups in total. The molecule has 0 aromatic heterocycles. The lowest BCUT2D eigenvalue weighted by molar-refractivity contribution is -0.176. The van der Waals surface area contributed by atoms with E-state index in [9.17, 15) is 0 Å². The van der Waals surface area contributed by atoms with Crippen molar-refractivity contribution in [3.8, 4) is 0 Å². The van der Waals surface area contributed by atoms with Gasteiger partial charge in [-0.05, 0) is 0 Å². The molecule has 4 heteroatoms. The average molecular weight is 81.1 g/mol. The van der Waals surface area contributed by atoms with Crippen LogP contribution in [0.4, 0.5) is 0 Å². The maximum absolute atomic E-state index is 6.00. The molecule has 0 radical (unpaired) electrons. The first-order chi connectivity index (χ1) is 2.00. The zero-order valence-electron chi connectivity index (χ0n) is 1.80. The average Bonchev–Trinajstić information content (AvgIpc) is 1.50. The van der Waals surface area contributed by atoms with E-state index in [0.29, 0.717) is 0 Å². The van der Waals surface area contributed by atoms with Crippen molar-refractivity contribution in [3.63, 3.8) is 0 Å². The first-order valence-electron chi connectivity index (χ1n) is 0.404. The van der Waals surface area contributed by atoms with E-state index in [1.54, 1.807) is 0 Å². The van der Waals surface area contributed by atoms with Gasteiger partial charge in [-0.3, -0.25) is 10.5 Å². The molecule has 4 heavy (non-hydrogen) atoms. The maximum atomic E-state index is 6.00. The largest absolute Gasteiger partial charge is 0.255 e. The number of hydrogen-bond acceptors (Lipinski definition) is 4. The summed E-state index contributed by atoms with van der Waals surface area (Å²) in [6, 6.07) is 0. The van der Waals surface area contributed by atoms with E-state index in [1.807, 2.05) is 0 Å². The van der Waals surface area contributed by atoms with Gasteiger partial charge >= 0.3 is 0 Å². The van der Waals surface area contributed by atoms with E-state index in [1.165, 1.54) is 0 Å². The molecule has 0 bridgehead atoms. The molecule has 0 aromatic rings. The Balaban J connectivity index is 0. The van der Waals surface area contributed by atoms with Crippen LogP contribution in [0.15, 0.2) is 0 Å². The third-order valence-corrected chi connectivity index (χ3v) is 0. The van der Waals surface area contributed by atoms with Gasteiger partial charge in [-0.1, -0.05) is 0 Å². The molecule has 0 spiro atoms. The van der Waals surface area contributed by atoms with E-state index < -0.39 is 0 Å². The molecule has 0 aliphatic carbocycles. The van der Waals surface area contributed by atoms with Crippen LogP contribution in [-0.4, -0.2) is 10.5 Å². The van der Waals surface area contributed by atoms with Crippen LogP contribution >= 0.6 is 0 Å². The minimum absolute atomic E-state index is 3.33. The molecule has 0 aliphatic rings. The lowest BCUT2D eigenvalue weighted by atomic mass is 14.0. The van der Waals surface area contributed by atoms with Crippen LogP contribution in [0, 0.1) is 4.78 Å². The molecular formula is H3NO2S. The Bertz CT molecular complexity index is 6.00. The van der Waals surface area contributed by atoms with Crippen LogP contribution < -0.4 is 0 Å². The van der Waals surface area contributed by atoms with Crippen molar-refractivity contribution < 1.29 is 10.5 Å². The van der Waals surface area contributed by atoms with Crippen molar-refractivity contribution in [1.82, 2.24) is 0 Å². The van der Waals surface area contributed by atoms with Crippen molar-refractivity contribution in [2.45, 2.75) is 0 Å². The van der Waals surface area contributed by atoms with E-state index in [2.05, 4.69) is 12.4 Å². The first-order valence-corrected chi connectivity index (χ1v) is 0.812. The SMILES string of the molecule is N=S.OO. The Morgan fingerprint density at radius 1 is 1.25 bits per heavy atom. The summed E-state index contributed by atoms with van der Waals surface area (Å²) in [7, 11) is 0. The van der Waals surface area contributed by atoms with Gasteiger partial charge in [0.15, 0.2) is 0 Å². The van der Waals surface area contributed by atoms with Gasteiger partial charge in [0.25, 0.3) is 0 Å². The topological polar surface area (TPSA) is 64.3 Å². The smallest absolute Gasteiger partial charge is 0.0324 e.